The maximum Gasteiger partial charge on any atom is 0.214 e. The predicted molar refractivity (Wildman–Crippen MR) is 106 cm³/mol. The lowest BCUT2D eigenvalue weighted by Crippen LogP contribution is -2.38. The third kappa shape index (κ3) is 10.6. The van der Waals surface area contributed by atoms with E-state index in [2.05, 4.69) is 11.6 Å². The first-order chi connectivity index (χ1) is 12.1. The van der Waals surface area contributed by atoms with Crippen LogP contribution in [0.3, 0.4) is 0 Å². The van der Waals surface area contributed by atoms with Crippen LogP contribution in [0.5, 0.6) is 0 Å². The van der Waals surface area contributed by atoms with Gasteiger partial charge in [0.2, 0.25) is 10.0 Å². The molecule has 0 bridgehead atoms. The van der Waals surface area contributed by atoms with E-state index in [0.29, 0.717) is 0 Å². The van der Waals surface area contributed by atoms with Gasteiger partial charge >= 0.3 is 0 Å². The highest BCUT2D eigenvalue weighted by Gasteiger charge is 2.30. The molecule has 0 aromatic carbocycles. The maximum atomic E-state index is 12.1. The summed E-state index contributed by atoms with van der Waals surface area (Å²) >= 11 is 0. The van der Waals surface area contributed by atoms with Crippen LogP contribution in [0.4, 0.5) is 0 Å². The zero-order valence-corrected chi connectivity index (χ0v) is 17.2. The van der Waals surface area contributed by atoms with Gasteiger partial charge in [-0.1, -0.05) is 77.6 Å². The summed E-state index contributed by atoms with van der Waals surface area (Å²) in [6, 6.07) is 0. The van der Waals surface area contributed by atoms with Gasteiger partial charge in [-0.05, 0) is 31.6 Å². The topological polar surface area (TPSA) is 66.4 Å². The van der Waals surface area contributed by atoms with Crippen molar-refractivity contribution in [3.63, 3.8) is 0 Å². The zero-order valence-electron chi connectivity index (χ0n) is 16.3. The van der Waals surface area contributed by atoms with E-state index >= 15 is 0 Å². The molecule has 2 N–H and O–H groups in total. The lowest BCUT2D eigenvalue weighted by atomic mass is 9.85. The van der Waals surface area contributed by atoms with E-state index in [1.165, 1.54) is 70.6 Å². The van der Waals surface area contributed by atoms with Crippen LogP contribution in [-0.4, -0.2) is 31.9 Å². The molecular formula is C20H41NO3S. The Balaban J connectivity index is 1.99. The second-order valence-corrected chi connectivity index (χ2v) is 9.82. The normalized spacial score (nSPS) is 21.5. The number of unbranched alkanes of at least 4 members (excludes halogenated alkanes) is 9. The maximum absolute atomic E-state index is 12.1. The molecule has 0 heterocycles. The fourth-order valence-electron chi connectivity index (χ4n) is 3.96. The molecule has 0 aliphatic heterocycles. The molecule has 150 valence electrons. The molecule has 0 unspecified atom stereocenters. The Kier molecular flexibility index (Phi) is 12.8. The average molecular weight is 376 g/mol. The molecule has 0 saturated heterocycles. The molecule has 25 heavy (non-hydrogen) atoms. The highest BCUT2D eigenvalue weighted by molar-refractivity contribution is 7.90. The smallest absolute Gasteiger partial charge is 0.214 e. The first-order valence-electron chi connectivity index (χ1n) is 10.7. The number of hydrogen-bond acceptors (Lipinski definition) is 3. The molecule has 0 aromatic rings. The summed E-state index contributed by atoms with van der Waals surface area (Å²) in [6.07, 6.45) is 18.6. The van der Waals surface area contributed by atoms with Crippen LogP contribution in [0.1, 0.15) is 103 Å². The minimum atomic E-state index is -3.22. The molecule has 0 radical (unpaired) electrons. The van der Waals surface area contributed by atoms with Gasteiger partial charge in [-0.15, -0.1) is 0 Å². The Morgan fingerprint density at radius 3 is 1.88 bits per heavy atom. The van der Waals surface area contributed by atoms with E-state index in [-0.39, 0.29) is 18.4 Å². The van der Waals surface area contributed by atoms with Gasteiger partial charge < -0.3 is 5.11 Å². The number of nitrogens with one attached hydrogen (secondary N) is 1. The largest absolute Gasteiger partial charge is 0.395 e. The van der Waals surface area contributed by atoms with Crippen LogP contribution in [-0.2, 0) is 10.0 Å². The Morgan fingerprint density at radius 2 is 1.36 bits per heavy atom. The summed E-state index contributed by atoms with van der Waals surface area (Å²) in [5.74, 6) is 0.721. The molecule has 0 atom stereocenters. The van der Waals surface area contributed by atoms with Crippen molar-refractivity contribution < 1.29 is 13.5 Å². The first kappa shape index (κ1) is 22.9. The molecule has 1 aliphatic rings. The first-order valence-corrected chi connectivity index (χ1v) is 12.2. The van der Waals surface area contributed by atoms with Crippen molar-refractivity contribution in [3.8, 4) is 0 Å². The van der Waals surface area contributed by atoms with E-state index in [9.17, 15) is 8.42 Å². The van der Waals surface area contributed by atoms with Crippen LogP contribution >= 0.6 is 0 Å². The molecule has 1 saturated carbocycles. The lowest BCUT2D eigenvalue weighted by Gasteiger charge is -2.28. The van der Waals surface area contributed by atoms with Gasteiger partial charge in [-0.25, -0.2) is 13.1 Å². The van der Waals surface area contributed by atoms with Gasteiger partial charge in [0.25, 0.3) is 0 Å². The van der Waals surface area contributed by atoms with Crippen molar-refractivity contribution in [2.24, 2.45) is 5.92 Å². The van der Waals surface area contributed by atoms with Crippen molar-refractivity contribution in [2.75, 3.05) is 13.2 Å². The molecular weight excluding hydrogens is 334 g/mol. The highest BCUT2D eigenvalue weighted by Crippen LogP contribution is 2.31. The molecule has 1 aliphatic carbocycles. The third-order valence-electron chi connectivity index (χ3n) is 5.61. The SMILES string of the molecule is CCCCCCCCCCCCC1CCC(S(=O)(=O)NCCO)CC1. The van der Waals surface area contributed by atoms with Gasteiger partial charge in [0.1, 0.15) is 0 Å². The zero-order chi connectivity index (χ0) is 18.4. The van der Waals surface area contributed by atoms with Gasteiger partial charge in [-0.2, -0.15) is 0 Å². The number of hydrogen-bond donors (Lipinski definition) is 2. The van der Waals surface area contributed by atoms with E-state index in [0.717, 1.165) is 31.6 Å². The van der Waals surface area contributed by atoms with Crippen LogP contribution in [0.2, 0.25) is 0 Å². The van der Waals surface area contributed by atoms with Gasteiger partial charge in [-0.3, -0.25) is 0 Å². The Hall–Kier alpha value is -0.130. The van der Waals surface area contributed by atoms with Crippen LogP contribution in [0.15, 0.2) is 0 Å². The van der Waals surface area contributed by atoms with Crippen LogP contribution in [0.25, 0.3) is 0 Å². The van der Waals surface area contributed by atoms with E-state index in [1.807, 2.05) is 0 Å². The van der Waals surface area contributed by atoms with Crippen molar-refractivity contribution >= 4 is 10.0 Å². The fraction of sp³-hybridized carbons (Fsp3) is 1.00. The second kappa shape index (κ2) is 14.0. The number of sulfonamides is 1. The standard InChI is InChI=1S/C20H41NO3S/c1-2-3-4-5-6-7-8-9-10-11-12-19-13-15-20(16-14-19)25(23,24)21-17-18-22/h19-22H,2-18H2,1H3. The fourth-order valence-corrected chi connectivity index (χ4v) is 5.46. The molecule has 1 rings (SSSR count). The predicted octanol–water partition coefficient (Wildman–Crippen LogP) is 4.77. The molecule has 1 fully saturated rings. The summed E-state index contributed by atoms with van der Waals surface area (Å²) in [5, 5.41) is 8.52. The molecule has 0 aromatic heterocycles. The van der Waals surface area contributed by atoms with Crippen LogP contribution < -0.4 is 4.72 Å². The average Bonchev–Trinajstić information content (AvgIpc) is 2.62. The molecule has 0 amide bonds. The second-order valence-electron chi connectivity index (χ2n) is 7.78. The van der Waals surface area contributed by atoms with Crippen LogP contribution in [0, 0.1) is 5.92 Å². The van der Waals surface area contributed by atoms with Gasteiger partial charge in [0, 0.05) is 6.54 Å². The van der Waals surface area contributed by atoms with Crippen molar-refractivity contribution in [1.82, 2.24) is 4.72 Å². The highest BCUT2D eigenvalue weighted by atomic mass is 32.2. The Labute approximate surface area is 156 Å². The minimum Gasteiger partial charge on any atom is -0.395 e. The molecule has 5 heteroatoms. The summed E-state index contributed by atoms with van der Waals surface area (Å²) in [6.45, 7) is 2.27. The Bertz CT molecular complexity index is 403. The third-order valence-corrected chi connectivity index (χ3v) is 7.57. The number of aliphatic hydroxyl groups excluding tert-OH is 1. The lowest BCUT2D eigenvalue weighted by molar-refractivity contribution is 0.298. The number of rotatable bonds is 15. The summed E-state index contributed by atoms with van der Waals surface area (Å²) < 4.78 is 26.6. The van der Waals surface area contributed by atoms with Gasteiger partial charge in [0.15, 0.2) is 0 Å². The number of aliphatic hydroxyl groups is 1. The quantitative estimate of drug-likeness (QED) is 0.405. The van der Waals surface area contributed by atoms with E-state index in [1.54, 1.807) is 0 Å². The molecule has 4 nitrogen and oxygen atoms in total. The van der Waals surface area contributed by atoms with E-state index in [4.69, 9.17) is 5.11 Å². The van der Waals surface area contributed by atoms with Crippen molar-refractivity contribution in [1.29, 1.82) is 0 Å². The minimum absolute atomic E-state index is 0.132. The Morgan fingerprint density at radius 1 is 0.840 bits per heavy atom. The summed E-state index contributed by atoms with van der Waals surface area (Å²) in [7, 11) is -3.22. The summed E-state index contributed by atoms with van der Waals surface area (Å²) in [4.78, 5) is 0. The monoisotopic (exact) mass is 375 g/mol. The van der Waals surface area contributed by atoms with Crippen molar-refractivity contribution in [3.05, 3.63) is 0 Å². The summed E-state index contributed by atoms with van der Waals surface area (Å²) in [5.41, 5.74) is 0. The van der Waals surface area contributed by atoms with Gasteiger partial charge in [0.05, 0.1) is 11.9 Å². The van der Waals surface area contributed by atoms with Crippen molar-refractivity contribution in [2.45, 2.75) is 108 Å². The molecule has 0 spiro atoms. The van der Waals surface area contributed by atoms with E-state index < -0.39 is 10.0 Å².